The van der Waals surface area contributed by atoms with E-state index < -0.39 is 0 Å². The van der Waals surface area contributed by atoms with E-state index in [1.165, 1.54) is 3.57 Å². The first-order valence-electron chi connectivity index (χ1n) is 6.48. The molecule has 122 valence electrons. The monoisotopic (exact) mass is 527 g/mol. The molecule has 0 radical (unpaired) electrons. The van der Waals surface area contributed by atoms with Gasteiger partial charge in [0.2, 0.25) is 0 Å². The fourth-order valence-corrected chi connectivity index (χ4v) is 2.49. The molecule has 0 heterocycles. The number of rotatable bonds is 3. The number of nitrogens with one attached hydrogen (secondary N) is 1. The van der Waals surface area contributed by atoms with E-state index in [1.54, 1.807) is 6.07 Å². The maximum atomic E-state index is 10.2. The Bertz CT molecular complexity index is 534. The van der Waals surface area contributed by atoms with Gasteiger partial charge in [0.05, 0.1) is 0 Å². The summed E-state index contributed by atoms with van der Waals surface area (Å²) in [5, 5.41) is 8.36. The summed E-state index contributed by atoms with van der Waals surface area (Å²) in [5.41, 5.74) is 3.94. The lowest BCUT2D eigenvalue weighted by atomic mass is 10.2. The third-order valence-electron chi connectivity index (χ3n) is 2.16. The third kappa shape index (κ3) is 11.1. The van der Waals surface area contributed by atoms with Crippen molar-refractivity contribution in [3.8, 4) is 0 Å². The minimum absolute atomic E-state index is 0. The Kier molecular flexibility index (Phi) is 16.6. The zero-order valence-corrected chi connectivity index (χ0v) is 16.3. The number of halogens is 2. The first-order chi connectivity index (χ1) is 10.2. The summed E-state index contributed by atoms with van der Waals surface area (Å²) >= 11 is 4.41. The van der Waals surface area contributed by atoms with Crippen LogP contribution in [0.3, 0.4) is 0 Å². The smallest absolute Gasteiger partial charge is 0.150 e. The molecule has 0 fully saturated rings. The SMILES string of the molecule is C.CC.O=Cc1cccc(I)c1.ONCc1cccc(I)c1. The van der Waals surface area contributed by atoms with Crippen molar-refractivity contribution in [1.82, 2.24) is 5.48 Å². The van der Waals surface area contributed by atoms with Gasteiger partial charge in [-0.15, -0.1) is 0 Å². The highest BCUT2D eigenvalue weighted by molar-refractivity contribution is 14.1. The second-order valence-electron chi connectivity index (χ2n) is 3.64. The molecular weight excluding hydrogens is 504 g/mol. The van der Waals surface area contributed by atoms with Crippen LogP contribution in [0, 0.1) is 7.14 Å². The van der Waals surface area contributed by atoms with Crippen molar-refractivity contribution in [2.24, 2.45) is 0 Å². The molecule has 5 heteroatoms. The Morgan fingerprint density at radius 3 is 2.00 bits per heavy atom. The van der Waals surface area contributed by atoms with Crippen LogP contribution < -0.4 is 5.48 Å². The lowest BCUT2D eigenvalue weighted by Gasteiger charge is -1.97. The third-order valence-corrected chi connectivity index (χ3v) is 3.50. The molecule has 0 aliphatic rings. The predicted molar refractivity (Wildman–Crippen MR) is 110 cm³/mol. The summed E-state index contributed by atoms with van der Waals surface area (Å²) < 4.78 is 2.28. The maximum absolute atomic E-state index is 10.2. The number of benzene rings is 2. The first-order valence-corrected chi connectivity index (χ1v) is 8.63. The fourth-order valence-electron chi connectivity index (χ4n) is 1.32. The van der Waals surface area contributed by atoms with Crippen LogP contribution in [0.5, 0.6) is 0 Å². The van der Waals surface area contributed by atoms with Crippen LogP contribution in [-0.2, 0) is 6.54 Å². The van der Waals surface area contributed by atoms with Crippen LogP contribution in [0.25, 0.3) is 0 Å². The Balaban J connectivity index is 0. The van der Waals surface area contributed by atoms with E-state index in [0.717, 1.165) is 21.0 Å². The molecule has 0 amide bonds. The molecule has 0 saturated carbocycles. The van der Waals surface area contributed by atoms with Gasteiger partial charge in [-0.05, 0) is 75.0 Å². The van der Waals surface area contributed by atoms with E-state index >= 15 is 0 Å². The van der Waals surface area contributed by atoms with Gasteiger partial charge >= 0.3 is 0 Å². The summed E-state index contributed by atoms with van der Waals surface area (Å²) in [7, 11) is 0. The largest absolute Gasteiger partial charge is 0.316 e. The van der Waals surface area contributed by atoms with Crippen molar-refractivity contribution in [2.75, 3.05) is 0 Å². The standard InChI is InChI=1S/C7H8INO.C7H5IO.C2H6.CH4/c8-7-3-1-2-6(4-7)5-9-10;8-7-3-1-2-6(4-7)5-9;1-2;/h1-4,9-10H,5H2;1-5H;1-2H3;1H4. The van der Waals surface area contributed by atoms with Crippen LogP contribution >= 0.6 is 45.2 Å². The minimum atomic E-state index is 0. The summed E-state index contributed by atoms with van der Waals surface area (Å²) in [6.45, 7) is 4.51. The Labute approximate surface area is 160 Å². The average Bonchev–Trinajstić information content (AvgIpc) is 2.50. The van der Waals surface area contributed by atoms with E-state index in [1.807, 2.05) is 56.3 Å². The molecule has 0 bridgehead atoms. The topological polar surface area (TPSA) is 49.3 Å². The molecular formula is C17H23I2NO2. The molecule has 3 nitrogen and oxygen atoms in total. The van der Waals surface area contributed by atoms with Crippen LogP contribution in [0.1, 0.15) is 37.2 Å². The number of hydrogen-bond acceptors (Lipinski definition) is 3. The zero-order valence-electron chi connectivity index (χ0n) is 12.0. The Hall–Kier alpha value is -0.510. The molecule has 0 saturated heterocycles. The van der Waals surface area contributed by atoms with Crippen LogP contribution in [0.15, 0.2) is 48.5 Å². The van der Waals surface area contributed by atoms with E-state index in [2.05, 4.69) is 50.7 Å². The van der Waals surface area contributed by atoms with Crippen molar-refractivity contribution in [2.45, 2.75) is 27.8 Å². The van der Waals surface area contributed by atoms with Crippen LogP contribution in [-0.4, -0.2) is 11.5 Å². The molecule has 0 unspecified atom stereocenters. The highest BCUT2D eigenvalue weighted by atomic mass is 127. The molecule has 22 heavy (non-hydrogen) atoms. The van der Waals surface area contributed by atoms with Crippen molar-refractivity contribution in [3.63, 3.8) is 0 Å². The van der Waals surface area contributed by atoms with Gasteiger partial charge in [-0.1, -0.05) is 45.5 Å². The molecule has 0 aromatic heterocycles. The zero-order chi connectivity index (χ0) is 16.1. The maximum Gasteiger partial charge on any atom is 0.150 e. The molecule has 0 atom stereocenters. The number of hydroxylamine groups is 1. The second kappa shape index (κ2) is 15.4. The highest BCUT2D eigenvalue weighted by Crippen LogP contribution is 2.06. The number of aldehydes is 1. The summed E-state index contributed by atoms with van der Waals surface area (Å²) in [6.07, 6.45) is 0.849. The molecule has 0 aliphatic carbocycles. The summed E-state index contributed by atoms with van der Waals surface area (Å²) in [4.78, 5) is 10.2. The normalized spacial score (nSPS) is 8.41. The van der Waals surface area contributed by atoms with Gasteiger partial charge in [0, 0.05) is 19.2 Å². The van der Waals surface area contributed by atoms with Gasteiger partial charge < -0.3 is 5.21 Å². The Morgan fingerprint density at radius 2 is 1.59 bits per heavy atom. The molecule has 0 spiro atoms. The van der Waals surface area contributed by atoms with E-state index in [9.17, 15) is 4.79 Å². The molecule has 2 aromatic rings. The van der Waals surface area contributed by atoms with Gasteiger partial charge in [0.25, 0.3) is 0 Å². The Morgan fingerprint density at radius 1 is 1.05 bits per heavy atom. The van der Waals surface area contributed by atoms with Crippen LogP contribution in [0.4, 0.5) is 0 Å². The van der Waals surface area contributed by atoms with Gasteiger partial charge in [-0.2, -0.15) is 0 Å². The highest BCUT2D eigenvalue weighted by Gasteiger charge is 1.90. The molecule has 2 N–H and O–H groups in total. The lowest BCUT2D eigenvalue weighted by Crippen LogP contribution is -2.05. The van der Waals surface area contributed by atoms with Gasteiger partial charge in [-0.3, -0.25) is 4.79 Å². The van der Waals surface area contributed by atoms with Gasteiger partial charge in [0.15, 0.2) is 0 Å². The number of carbonyl (C=O) groups excluding carboxylic acids is 1. The number of hydrogen-bond donors (Lipinski definition) is 2. The van der Waals surface area contributed by atoms with Gasteiger partial charge in [0.1, 0.15) is 6.29 Å². The predicted octanol–water partition coefficient (Wildman–Crippen LogP) is 5.54. The summed E-state index contributed by atoms with van der Waals surface area (Å²) in [5.74, 6) is 0. The lowest BCUT2D eigenvalue weighted by molar-refractivity contribution is 0.112. The molecule has 0 aliphatic heterocycles. The molecule has 2 rings (SSSR count). The van der Waals surface area contributed by atoms with E-state index in [4.69, 9.17) is 5.21 Å². The van der Waals surface area contributed by atoms with E-state index in [0.29, 0.717) is 6.54 Å². The molecule has 2 aromatic carbocycles. The van der Waals surface area contributed by atoms with Crippen molar-refractivity contribution < 1.29 is 10.0 Å². The van der Waals surface area contributed by atoms with Crippen molar-refractivity contribution in [1.29, 1.82) is 0 Å². The van der Waals surface area contributed by atoms with Crippen molar-refractivity contribution >= 4 is 51.5 Å². The fraction of sp³-hybridized carbons (Fsp3) is 0.235. The van der Waals surface area contributed by atoms with E-state index in [-0.39, 0.29) is 7.43 Å². The number of carbonyl (C=O) groups is 1. The quantitative estimate of drug-likeness (QED) is 0.314. The second-order valence-corrected chi connectivity index (χ2v) is 6.13. The first kappa shape index (κ1) is 23.8. The minimum Gasteiger partial charge on any atom is -0.316 e. The average molecular weight is 527 g/mol. The van der Waals surface area contributed by atoms with Gasteiger partial charge in [-0.25, -0.2) is 5.48 Å². The van der Waals surface area contributed by atoms with Crippen LogP contribution in [0.2, 0.25) is 0 Å². The van der Waals surface area contributed by atoms with Crippen molar-refractivity contribution in [3.05, 3.63) is 66.8 Å². The summed E-state index contributed by atoms with van der Waals surface area (Å²) in [6, 6.07) is 15.4.